The molecule has 2 atom stereocenters. The number of piperidine rings is 1. The van der Waals surface area contributed by atoms with Gasteiger partial charge >= 0.3 is 6.18 Å². The summed E-state index contributed by atoms with van der Waals surface area (Å²) in [7, 11) is 0. The molecule has 0 radical (unpaired) electrons. The first kappa shape index (κ1) is 19.6. The van der Waals surface area contributed by atoms with E-state index in [4.69, 9.17) is 4.74 Å². The van der Waals surface area contributed by atoms with Crippen molar-refractivity contribution in [3.8, 4) is 0 Å². The summed E-state index contributed by atoms with van der Waals surface area (Å²) in [6.45, 7) is 6.50. The molecule has 2 aliphatic rings. The van der Waals surface area contributed by atoms with Gasteiger partial charge in [-0.05, 0) is 29.9 Å². The Balaban J connectivity index is 1.62. The maximum atomic E-state index is 12.9. The highest BCUT2D eigenvalue weighted by Crippen LogP contribution is 2.30. The van der Waals surface area contributed by atoms with Crippen molar-refractivity contribution in [2.24, 2.45) is 11.8 Å². The highest BCUT2D eigenvalue weighted by Gasteiger charge is 2.31. The van der Waals surface area contributed by atoms with E-state index in [9.17, 15) is 18.3 Å². The maximum absolute atomic E-state index is 12.9. The average molecular weight is 372 g/mol. The van der Waals surface area contributed by atoms with Gasteiger partial charge in [0.25, 0.3) is 0 Å². The number of likely N-dealkylation sites (tertiary alicyclic amines) is 1. The van der Waals surface area contributed by atoms with Gasteiger partial charge in [-0.2, -0.15) is 13.2 Å². The summed E-state index contributed by atoms with van der Waals surface area (Å²) in [4.78, 5) is 4.57. The lowest BCUT2D eigenvalue weighted by atomic mass is 9.88. The number of rotatable bonds is 5. The van der Waals surface area contributed by atoms with Crippen LogP contribution in [0, 0.1) is 11.8 Å². The molecule has 0 unspecified atom stereocenters. The van der Waals surface area contributed by atoms with E-state index in [-0.39, 0.29) is 12.5 Å². The predicted molar refractivity (Wildman–Crippen MR) is 92.7 cm³/mol. The van der Waals surface area contributed by atoms with Gasteiger partial charge in [0.15, 0.2) is 0 Å². The number of nitrogens with zero attached hydrogens (tertiary/aromatic N) is 2. The van der Waals surface area contributed by atoms with Crippen LogP contribution in [-0.2, 0) is 17.5 Å². The highest BCUT2D eigenvalue weighted by atomic mass is 19.4. The summed E-state index contributed by atoms with van der Waals surface area (Å²) >= 11 is 0. The van der Waals surface area contributed by atoms with Crippen LogP contribution in [0.5, 0.6) is 0 Å². The van der Waals surface area contributed by atoms with Crippen LogP contribution in [0.25, 0.3) is 0 Å². The highest BCUT2D eigenvalue weighted by molar-refractivity contribution is 5.25. The molecule has 1 aromatic carbocycles. The molecular weight excluding hydrogens is 345 g/mol. The van der Waals surface area contributed by atoms with Crippen molar-refractivity contribution >= 4 is 0 Å². The van der Waals surface area contributed by atoms with E-state index in [1.807, 2.05) is 0 Å². The summed E-state index contributed by atoms with van der Waals surface area (Å²) < 4.78 is 44.2. The second-order valence-electron chi connectivity index (χ2n) is 7.46. The van der Waals surface area contributed by atoms with E-state index >= 15 is 0 Å². The predicted octanol–water partition coefficient (Wildman–Crippen LogP) is 2.47. The van der Waals surface area contributed by atoms with Gasteiger partial charge in [0.1, 0.15) is 0 Å². The molecule has 26 heavy (non-hydrogen) atoms. The van der Waals surface area contributed by atoms with Crippen molar-refractivity contribution in [1.82, 2.24) is 9.80 Å². The lowest BCUT2D eigenvalue weighted by molar-refractivity contribution is -0.137. The fraction of sp³-hybridized carbons (Fsp3) is 0.684. The Kier molecular flexibility index (Phi) is 6.55. The Morgan fingerprint density at radius 1 is 1.08 bits per heavy atom. The molecule has 0 amide bonds. The zero-order valence-corrected chi connectivity index (χ0v) is 14.9. The molecule has 1 aromatic rings. The molecule has 4 nitrogen and oxygen atoms in total. The molecular formula is C19H27F3N2O2. The smallest absolute Gasteiger partial charge is 0.396 e. The molecule has 2 aliphatic heterocycles. The molecule has 146 valence electrons. The Morgan fingerprint density at radius 2 is 1.81 bits per heavy atom. The van der Waals surface area contributed by atoms with E-state index in [1.165, 1.54) is 12.1 Å². The minimum Gasteiger partial charge on any atom is -0.396 e. The third-order valence-electron chi connectivity index (χ3n) is 5.24. The molecule has 0 aromatic heterocycles. The molecule has 2 fully saturated rings. The van der Waals surface area contributed by atoms with Gasteiger partial charge in [0.05, 0.1) is 18.8 Å². The largest absolute Gasteiger partial charge is 0.416 e. The van der Waals surface area contributed by atoms with Crippen molar-refractivity contribution in [2.45, 2.75) is 19.1 Å². The lowest BCUT2D eigenvalue weighted by Gasteiger charge is -2.40. The Labute approximate surface area is 152 Å². The number of morpholine rings is 1. The van der Waals surface area contributed by atoms with E-state index < -0.39 is 11.7 Å². The third kappa shape index (κ3) is 5.42. The Bertz CT molecular complexity index is 576. The standard InChI is InChI=1S/C19H27F3N2O2/c20-19(21,22)18-3-1-2-15(9-18)10-24-12-16(8-17(13-24)14-25)11-23-4-6-26-7-5-23/h1-3,9,16-17,25H,4-8,10-14H2/t16-,17-/m1/s1. The maximum Gasteiger partial charge on any atom is 0.416 e. The minimum absolute atomic E-state index is 0.124. The first-order valence-electron chi connectivity index (χ1n) is 9.23. The average Bonchev–Trinajstić information content (AvgIpc) is 2.62. The number of aliphatic hydroxyl groups is 1. The van der Waals surface area contributed by atoms with Crippen molar-refractivity contribution < 1.29 is 23.0 Å². The zero-order valence-electron chi connectivity index (χ0n) is 14.9. The van der Waals surface area contributed by atoms with Crippen LogP contribution in [0.3, 0.4) is 0 Å². The van der Waals surface area contributed by atoms with Crippen molar-refractivity contribution in [3.63, 3.8) is 0 Å². The number of hydrogen-bond donors (Lipinski definition) is 1. The monoisotopic (exact) mass is 372 g/mol. The van der Waals surface area contributed by atoms with Crippen LogP contribution in [-0.4, -0.2) is 67.5 Å². The molecule has 0 bridgehead atoms. The summed E-state index contributed by atoms with van der Waals surface area (Å²) in [5.74, 6) is 0.602. The van der Waals surface area contributed by atoms with E-state index in [1.54, 1.807) is 6.07 Å². The second kappa shape index (κ2) is 8.69. The quantitative estimate of drug-likeness (QED) is 0.862. The second-order valence-corrected chi connectivity index (χ2v) is 7.46. The van der Waals surface area contributed by atoms with Gasteiger partial charge in [0.2, 0.25) is 0 Å². The SMILES string of the molecule is OC[C@@H]1C[C@H](CN2CCOCC2)CN(Cc2cccc(C(F)(F)F)c2)C1. The molecule has 3 rings (SSSR count). The topological polar surface area (TPSA) is 35.9 Å². The van der Waals surface area contributed by atoms with E-state index in [0.29, 0.717) is 18.0 Å². The molecule has 0 spiro atoms. The fourth-order valence-electron chi connectivity index (χ4n) is 4.07. The first-order chi connectivity index (χ1) is 12.4. The van der Waals surface area contributed by atoms with Gasteiger partial charge in [-0.15, -0.1) is 0 Å². The number of alkyl halides is 3. The third-order valence-corrected chi connectivity index (χ3v) is 5.24. The molecule has 0 saturated carbocycles. The number of ether oxygens (including phenoxy) is 1. The number of halogens is 3. The normalized spacial score (nSPS) is 26.2. The van der Waals surface area contributed by atoms with E-state index in [0.717, 1.165) is 58.4 Å². The Hall–Kier alpha value is -1.15. The molecule has 2 heterocycles. The number of hydrogen-bond acceptors (Lipinski definition) is 4. The van der Waals surface area contributed by atoms with Crippen LogP contribution >= 0.6 is 0 Å². The van der Waals surface area contributed by atoms with Crippen molar-refractivity contribution in [3.05, 3.63) is 35.4 Å². The molecule has 0 aliphatic carbocycles. The minimum atomic E-state index is -4.32. The summed E-state index contributed by atoms with van der Waals surface area (Å²) in [6.07, 6.45) is -3.35. The van der Waals surface area contributed by atoms with Crippen LogP contribution in [0.1, 0.15) is 17.5 Å². The molecule has 1 N–H and O–H groups in total. The van der Waals surface area contributed by atoms with Gasteiger partial charge in [-0.1, -0.05) is 18.2 Å². The van der Waals surface area contributed by atoms with Crippen LogP contribution in [0.15, 0.2) is 24.3 Å². The summed E-state index contributed by atoms with van der Waals surface area (Å²) in [5.41, 5.74) is 0.0686. The summed E-state index contributed by atoms with van der Waals surface area (Å²) in [5, 5.41) is 9.64. The van der Waals surface area contributed by atoms with E-state index in [2.05, 4.69) is 9.80 Å². The van der Waals surface area contributed by atoms with Crippen LogP contribution in [0.4, 0.5) is 13.2 Å². The summed E-state index contributed by atoms with van der Waals surface area (Å²) in [6, 6.07) is 5.56. The van der Waals surface area contributed by atoms with Crippen molar-refractivity contribution in [2.75, 3.05) is 52.5 Å². The van der Waals surface area contributed by atoms with Gasteiger partial charge < -0.3 is 9.84 Å². The Morgan fingerprint density at radius 3 is 2.50 bits per heavy atom. The van der Waals surface area contributed by atoms with Gasteiger partial charge in [0, 0.05) is 45.9 Å². The van der Waals surface area contributed by atoms with Crippen LogP contribution < -0.4 is 0 Å². The van der Waals surface area contributed by atoms with Gasteiger partial charge in [-0.25, -0.2) is 0 Å². The van der Waals surface area contributed by atoms with Crippen molar-refractivity contribution in [1.29, 1.82) is 0 Å². The first-order valence-corrected chi connectivity index (χ1v) is 9.23. The molecule has 7 heteroatoms. The fourth-order valence-corrected chi connectivity index (χ4v) is 4.07. The zero-order chi connectivity index (χ0) is 18.6. The number of benzene rings is 1. The van der Waals surface area contributed by atoms with Crippen LogP contribution in [0.2, 0.25) is 0 Å². The lowest BCUT2D eigenvalue weighted by Crippen LogP contribution is -2.47. The molecule has 2 saturated heterocycles. The van der Waals surface area contributed by atoms with Gasteiger partial charge in [-0.3, -0.25) is 9.80 Å². The number of aliphatic hydroxyl groups excluding tert-OH is 1.